The number of carboxylic acid groups (broad SMARTS) is 1. The van der Waals surface area contributed by atoms with E-state index in [9.17, 15) is 14.7 Å². The van der Waals surface area contributed by atoms with Crippen molar-refractivity contribution in [2.45, 2.75) is 18.5 Å². The van der Waals surface area contributed by atoms with Crippen molar-refractivity contribution in [2.75, 3.05) is 0 Å². The van der Waals surface area contributed by atoms with Gasteiger partial charge in [0.25, 0.3) is 0 Å². The number of rotatable bonds is 6. The highest BCUT2D eigenvalue weighted by molar-refractivity contribution is 5.87. The summed E-state index contributed by atoms with van der Waals surface area (Å²) in [5.74, 6) is -1.59. The fourth-order valence-electron chi connectivity index (χ4n) is 2.12. The maximum Gasteiger partial charge on any atom is 0.326 e. The number of aliphatic carboxylic acids is 1. The lowest BCUT2D eigenvalue weighted by atomic mass is 10.0. The molecule has 5 nitrogen and oxygen atoms in total. The summed E-state index contributed by atoms with van der Waals surface area (Å²) in [7, 11) is 0. The van der Waals surface area contributed by atoms with Gasteiger partial charge in [-0.2, -0.15) is 0 Å². The van der Waals surface area contributed by atoms with Gasteiger partial charge < -0.3 is 16.2 Å². The number of carbonyl (C=O) groups is 2. The normalized spacial score (nSPS) is 13.1. The van der Waals surface area contributed by atoms with E-state index in [4.69, 9.17) is 5.73 Å². The summed E-state index contributed by atoms with van der Waals surface area (Å²) in [6.45, 7) is 0. The zero-order valence-corrected chi connectivity index (χ0v) is 12.0. The van der Waals surface area contributed by atoms with E-state index in [0.717, 1.165) is 5.56 Å². The summed E-state index contributed by atoms with van der Waals surface area (Å²) < 4.78 is 0. The van der Waals surface area contributed by atoms with E-state index in [2.05, 4.69) is 5.32 Å². The smallest absolute Gasteiger partial charge is 0.326 e. The molecule has 0 spiro atoms. The lowest BCUT2D eigenvalue weighted by Crippen LogP contribution is -2.46. The van der Waals surface area contributed by atoms with Crippen molar-refractivity contribution in [1.82, 2.24) is 5.32 Å². The molecule has 22 heavy (non-hydrogen) atoms. The van der Waals surface area contributed by atoms with Crippen molar-refractivity contribution in [3.8, 4) is 0 Å². The molecule has 0 aliphatic rings. The van der Waals surface area contributed by atoms with Crippen LogP contribution in [0.15, 0.2) is 60.7 Å². The molecule has 0 saturated heterocycles. The lowest BCUT2D eigenvalue weighted by Gasteiger charge is -2.18. The Morgan fingerprint density at radius 3 is 2.09 bits per heavy atom. The largest absolute Gasteiger partial charge is 0.480 e. The number of benzene rings is 2. The summed E-state index contributed by atoms with van der Waals surface area (Å²) in [6.07, 6.45) is 0.212. The summed E-state index contributed by atoms with van der Waals surface area (Å²) >= 11 is 0. The van der Waals surface area contributed by atoms with Crippen molar-refractivity contribution in [3.05, 3.63) is 71.8 Å². The maximum absolute atomic E-state index is 12.1. The highest BCUT2D eigenvalue weighted by Crippen LogP contribution is 2.10. The van der Waals surface area contributed by atoms with E-state index < -0.39 is 24.0 Å². The molecule has 1 amide bonds. The molecule has 0 aliphatic heterocycles. The van der Waals surface area contributed by atoms with Gasteiger partial charge in [0.2, 0.25) is 5.91 Å². The van der Waals surface area contributed by atoms with Gasteiger partial charge in [-0.25, -0.2) is 4.79 Å². The summed E-state index contributed by atoms with van der Waals surface area (Å²) in [4.78, 5) is 23.5. The van der Waals surface area contributed by atoms with Gasteiger partial charge >= 0.3 is 5.97 Å². The van der Waals surface area contributed by atoms with Crippen molar-refractivity contribution in [2.24, 2.45) is 5.73 Å². The number of carbonyl (C=O) groups excluding carboxylic acids is 1. The third-order valence-corrected chi connectivity index (χ3v) is 3.34. The number of amides is 1. The quantitative estimate of drug-likeness (QED) is 0.753. The minimum atomic E-state index is -1.09. The van der Waals surface area contributed by atoms with Crippen LogP contribution in [0.3, 0.4) is 0 Å². The van der Waals surface area contributed by atoms with Crippen LogP contribution in [-0.2, 0) is 16.0 Å². The zero-order chi connectivity index (χ0) is 15.9. The molecule has 5 heteroatoms. The van der Waals surface area contributed by atoms with Crippen LogP contribution in [0.25, 0.3) is 0 Å². The lowest BCUT2D eigenvalue weighted by molar-refractivity contribution is -0.142. The van der Waals surface area contributed by atoms with Gasteiger partial charge in [0.05, 0.1) is 0 Å². The van der Waals surface area contributed by atoms with Crippen LogP contribution in [-0.4, -0.2) is 23.0 Å². The number of hydrogen-bond acceptors (Lipinski definition) is 3. The molecule has 4 N–H and O–H groups in total. The number of nitrogens with two attached hydrogens (primary N) is 1. The molecule has 2 atom stereocenters. The first-order valence-electron chi connectivity index (χ1n) is 6.95. The van der Waals surface area contributed by atoms with Gasteiger partial charge in [-0.1, -0.05) is 60.7 Å². The van der Waals surface area contributed by atoms with Crippen molar-refractivity contribution < 1.29 is 14.7 Å². The van der Waals surface area contributed by atoms with Crippen LogP contribution < -0.4 is 11.1 Å². The Hall–Kier alpha value is -2.66. The average molecular weight is 298 g/mol. The van der Waals surface area contributed by atoms with Gasteiger partial charge in [0, 0.05) is 6.42 Å². The summed E-state index contributed by atoms with van der Waals surface area (Å²) in [6, 6.07) is 16.1. The van der Waals surface area contributed by atoms with E-state index in [1.165, 1.54) is 0 Å². The van der Waals surface area contributed by atoms with E-state index in [0.29, 0.717) is 5.56 Å². The molecule has 0 radical (unpaired) electrons. The third kappa shape index (κ3) is 4.17. The Morgan fingerprint density at radius 1 is 1.00 bits per heavy atom. The molecule has 114 valence electrons. The standard InChI is InChI=1S/C17H18N2O3/c18-15(13-9-5-2-6-10-13)16(20)19-14(17(21)22)11-12-7-3-1-4-8-12/h1-10,14-15H,11,18H2,(H,19,20)(H,21,22)/t14-,15-/m0/s1. The zero-order valence-electron chi connectivity index (χ0n) is 12.0. The van der Waals surface area contributed by atoms with Gasteiger partial charge in [-0.3, -0.25) is 4.79 Å². The minimum Gasteiger partial charge on any atom is -0.480 e. The molecule has 2 rings (SSSR count). The number of hydrogen-bond donors (Lipinski definition) is 3. The minimum absolute atomic E-state index is 0.212. The summed E-state index contributed by atoms with van der Waals surface area (Å²) in [5.41, 5.74) is 7.35. The van der Waals surface area contributed by atoms with Crippen molar-refractivity contribution >= 4 is 11.9 Å². The average Bonchev–Trinajstić information content (AvgIpc) is 2.55. The monoisotopic (exact) mass is 298 g/mol. The topological polar surface area (TPSA) is 92.4 Å². The molecule has 2 aromatic rings. The predicted octanol–water partition coefficient (Wildman–Crippen LogP) is 1.50. The van der Waals surface area contributed by atoms with E-state index in [1.807, 2.05) is 36.4 Å². The van der Waals surface area contributed by atoms with Crippen LogP contribution in [0.2, 0.25) is 0 Å². The Morgan fingerprint density at radius 2 is 1.55 bits per heavy atom. The van der Waals surface area contributed by atoms with Crippen LogP contribution >= 0.6 is 0 Å². The molecule has 0 saturated carbocycles. The molecular formula is C17H18N2O3. The fraction of sp³-hybridized carbons (Fsp3) is 0.176. The second-order valence-electron chi connectivity index (χ2n) is 4.98. The predicted molar refractivity (Wildman–Crippen MR) is 83.1 cm³/mol. The molecule has 0 bridgehead atoms. The molecule has 2 aromatic carbocycles. The SMILES string of the molecule is N[C@H](C(=O)N[C@@H](Cc1ccccc1)C(=O)O)c1ccccc1. The van der Waals surface area contributed by atoms with Crippen LogP contribution in [0, 0.1) is 0 Å². The Balaban J connectivity index is 2.04. The maximum atomic E-state index is 12.1. The summed E-state index contributed by atoms with van der Waals surface area (Å²) in [5, 5.41) is 11.8. The van der Waals surface area contributed by atoms with E-state index >= 15 is 0 Å². The Labute approximate surface area is 128 Å². The first kappa shape index (κ1) is 15.7. The van der Waals surface area contributed by atoms with Crippen LogP contribution in [0.1, 0.15) is 17.2 Å². The van der Waals surface area contributed by atoms with Gasteiger partial charge in [-0.15, -0.1) is 0 Å². The first-order valence-corrected chi connectivity index (χ1v) is 6.95. The van der Waals surface area contributed by atoms with Gasteiger partial charge in [0.15, 0.2) is 0 Å². The van der Waals surface area contributed by atoms with E-state index in [1.54, 1.807) is 24.3 Å². The first-order chi connectivity index (χ1) is 10.6. The van der Waals surface area contributed by atoms with Gasteiger partial charge in [0.1, 0.15) is 12.1 Å². The van der Waals surface area contributed by atoms with E-state index in [-0.39, 0.29) is 6.42 Å². The molecule has 0 aliphatic carbocycles. The Bertz CT molecular complexity index is 629. The number of carboxylic acids is 1. The highest BCUT2D eigenvalue weighted by atomic mass is 16.4. The van der Waals surface area contributed by atoms with Crippen LogP contribution in [0.4, 0.5) is 0 Å². The molecule has 0 aromatic heterocycles. The molecular weight excluding hydrogens is 280 g/mol. The van der Waals surface area contributed by atoms with Crippen molar-refractivity contribution in [1.29, 1.82) is 0 Å². The third-order valence-electron chi connectivity index (χ3n) is 3.34. The Kier molecular flexibility index (Phi) is 5.27. The highest BCUT2D eigenvalue weighted by Gasteiger charge is 2.24. The fourth-order valence-corrected chi connectivity index (χ4v) is 2.12. The molecule has 0 fully saturated rings. The van der Waals surface area contributed by atoms with Crippen LogP contribution in [0.5, 0.6) is 0 Å². The molecule has 0 heterocycles. The second kappa shape index (κ2) is 7.38. The number of nitrogens with one attached hydrogen (secondary N) is 1. The second-order valence-corrected chi connectivity index (χ2v) is 4.98. The van der Waals surface area contributed by atoms with Gasteiger partial charge in [-0.05, 0) is 11.1 Å². The molecule has 0 unspecified atom stereocenters. The van der Waals surface area contributed by atoms with Crippen molar-refractivity contribution in [3.63, 3.8) is 0 Å².